The summed E-state index contributed by atoms with van der Waals surface area (Å²) in [4.78, 5) is 0. The zero-order valence-electron chi connectivity index (χ0n) is 5.60. The second kappa shape index (κ2) is 4.07. The summed E-state index contributed by atoms with van der Waals surface area (Å²) in [5, 5.41) is 0. The summed E-state index contributed by atoms with van der Waals surface area (Å²) in [6.45, 7) is 8.38. The summed E-state index contributed by atoms with van der Waals surface area (Å²) in [5.74, 6) is 0. The van der Waals surface area contributed by atoms with Crippen molar-refractivity contribution in [3.05, 3.63) is 37.0 Å². The molecule has 0 rings (SSSR count). The summed E-state index contributed by atoms with van der Waals surface area (Å²) >= 11 is 0. The van der Waals surface area contributed by atoms with Crippen molar-refractivity contribution in [3.8, 4) is 0 Å². The summed E-state index contributed by atoms with van der Waals surface area (Å²) in [6, 6.07) is 0. The van der Waals surface area contributed by atoms with E-state index in [1.807, 2.05) is 0 Å². The summed E-state index contributed by atoms with van der Waals surface area (Å²) in [6.07, 6.45) is 3.91. The number of allylic oxidation sites excluding steroid dienone is 4. The van der Waals surface area contributed by atoms with Gasteiger partial charge in [-0.1, -0.05) is 31.4 Å². The minimum Gasteiger partial charge on any atom is -0.243 e. The van der Waals surface area contributed by atoms with Gasteiger partial charge in [0.25, 0.3) is 0 Å². The molecule has 0 spiro atoms. The van der Waals surface area contributed by atoms with Crippen molar-refractivity contribution < 1.29 is 4.39 Å². The molecule has 0 aliphatic heterocycles. The fraction of sp³-hybridized carbons (Fsp3) is 0.250. The third-order valence-electron chi connectivity index (χ3n) is 0.957. The molecule has 0 bridgehead atoms. The van der Waals surface area contributed by atoms with Crippen LogP contribution in [-0.4, -0.2) is 6.17 Å². The average molecular weight is 126 g/mol. The fourth-order valence-corrected chi connectivity index (χ4v) is 0.324. The van der Waals surface area contributed by atoms with Crippen molar-refractivity contribution in [2.75, 3.05) is 0 Å². The molecular formula is C8H11F. The van der Waals surface area contributed by atoms with Gasteiger partial charge in [-0.2, -0.15) is 0 Å². The molecule has 9 heavy (non-hydrogen) atoms. The van der Waals surface area contributed by atoms with E-state index >= 15 is 0 Å². The van der Waals surface area contributed by atoms with Gasteiger partial charge in [0.1, 0.15) is 6.17 Å². The van der Waals surface area contributed by atoms with Gasteiger partial charge in [0.2, 0.25) is 0 Å². The fourth-order valence-electron chi connectivity index (χ4n) is 0.324. The third kappa shape index (κ3) is 3.71. The third-order valence-corrected chi connectivity index (χ3v) is 0.957. The largest absolute Gasteiger partial charge is 0.243 e. The van der Waals surface area contributed by atoms with Crippen LogP contribution in [0.5, 0.6) is 0 Å². The lowest BCUT2D eigenvalue weighted by atomic mass is 10.2. The van der Waals surface area contributed by atoms with E-state index in [4.69, 9.17) is 0 Å². The first-order valence-corrected chi connectivity index (χ1v) is 2.80. The predicted molar refractivity (Wildman–Crippen MR) is 39.0 cm³/mol. The molecule has 1 heteroatoms. The molecule has 0 radical (unpaired) electrons. The molecule has 0 aromatic heterocycles. The Morgan fingerprint density at radius 1 is 1.67 bits per heavy atom. The molecule has 0 aromatic carbocycles. The topological polar surface area (TPSA) is 0 Å². The number of halogens is 1. The van der Waals surface area contributed by atoms with Gasteiger partial charge < -0.3 is 0 Å². The van der Waals surface area contributed by atoms with Gasteiger partial charge in [0.15, 0.2) is 0 Å². The van der Waals surface area contributed by atoms with Gasteiger partial charge in [0.05, 0.1) is 0 Å². The zero-order chi connectivity index (χ0) is 7.28. The Kier molecular flexibility index (Phi) is 3.69. The lowest BCUT2D eigenvalue weighted by Gasteiger charge is -1.96. The van der Waals surface area contributed by atoms with Crippen LogP contribution in [0.2, 0.25) is 0 Å². The van der Waals surface area contributed by atoms with E-state index in [2.05, 4.69) is 13.2 Å². The lowest BCUT2D eigenvalue weighted by Crippen LogP contribution is -1.91. The van der Waals surface area contributed by atoms with Gasteiger partial charge >= 0.3 is 0 Å². The van der Waals surface area contributed by atoms with Crippen LogP contribution in [-0.2, 0) is 0 Å². The van der Waals surface area contributed by atoms with Crippen LogP contribution in [0.25, 0.3) is 0 Å². The molecule has 0 saturated carbocycles. The van der Waals surface area contributed by atoms with Gasteiger partial charge in [-0.3, -0.25) is 0 Å². The van der Waals surface area contributed by atoms with Crippen LogP contribution < -0.4 is 0 Å². The van der Waals surface area contributed by atoms with E-state index in [0.29, 0.717) is 5.57 Å². The molecule has 0 N–H and O–H groups in total. The van der Waals surface area contributed by atoms with Crippen LogP contribution in [0.1, 0.15) is 6.92 Å². The van der Waals surface area contributed by atoms with Crippen molar-refractivity contribution in [2.45, 2.75) is 13.1 Å². The van der Waals surface area contributed by atoms with Crippen molar-refractivity contribution in [3.63, 3.8) is 0 Å². The Hall–Kier alpha value is -0.850. The maximum atomic E-state index is 12.2. The molecule has 0 aliphatic carbocycles. The molecule has 0 fully saturated rings. The Morgan fingerprint density at radius 2 is 2.22 bits per heavy atom. The van der Waals surface area contributed by atoms with Crippen LogP contribution >= 0.6 is 0 Å². The Morgan fingerprint density at radius 3 is 2.56 bits per heavy atom. The molecule has 1 unspecified atom stereocenters. The van der Waals surface area contributed by atoms with E-state index in [9.17, 15) is 4.39 Å². The number of alkyl halides is 1. The quantitative estimate of drug-likeness (QED) is 0.510. The molecular weight excluding hydrogens is 115 g/mol. The lowest BCUT2D eigenvalue weighted by molar-refractivity contribution is 0.418. The van der Waals surface area contributed by atoms with Crippen molar-refractivity contribution in [2.24, 2.45) is 0 Å². The molecule has 0 heterocycles. The molecule has 0 aromatic rings. The first-order valence-electron chi connectivity index (χ1n) is 2.80. The van der Waals surface area contributed by atoms with Crippen molar-refractivity contribution >= 4 is 0 Å². The maximum Gasteiger partial charge on any atom is 0.122 e. The maximum absolute atomic E-state index is 12.2. The average Bonchev–Trinajstić information content (AvgIpc) is 1.82. The number of hydrogen-bond acceptors (Lipinski definition) is 0. The minimum atomic E-state index is -0.957. The Bertz CT molecular complexity index is 132. The summed E-state index contributed by atoms with van der Waals surface area (Å²) in [7, 11) is 0. The van der Waals surface area contributed by atoms with Crippen LogP contribution in [0.4, 0.5) is 4.39 Å². The second-order valence-electron chi connectivity index (χ2n) is 1.79. The number of hydrogen-bond donors (Lipinski definition) is 0. The summed E-state index contributed by atoms with van der Waals surface area (Å²) in [5.41, 5.74) is 0.481. The van der Waals surface area contributed by atoms with E-state index in [-0.39, 0.29) is 0 Å². The van der Waals surface area contributed by atoms with E-state index in [0.717, 1.165) is 0 Å². The first-order chi connectivity index (χ1) is 4.18. The molecule has 0 saturated heterocycles. The minimum absolute atomic E-state index is 0.481. The smallest absolute Gasteiger partial charge is 0.122 e. The monoisotopic (exact) mass is 126 g/mol. The Balaban J connectivity index is 3.76. The predicted octanol–water partition coefficient (Wildman–Crippen LogP) is 2.64. The first kappa shape index (κ1) is 8.15. The SMILES string of the molecule is C=C/C=C\C(=C)C(C)F. The van der Waals surface area contributed by atoms with E-state index < -0.39 is 6.17 Å². The van der Waals surface area contributed by atoms with Gasteiger partial charge in [-0.15, -0.1) is 0 Å². The van der Waals surface area contributed by atoms with Gasteiger partial charge in [-0.05, 0) is 12.5 Å². The zero-order valence-corrected chi connectivity index (χ0v) is 5.60. The van der Waals surface area contributed by atoms with Crippen LogP contribution in [0.15, 0.2) is 37.0 Å². The van der Waals surface area contributed by atoms with Crippen LogP contribution in [0, 0.1) is 0 Å². The summed E-state index contributed by atoms with van der Waals surface area (Å²) < 4.78 is 12.2. The number of rotatable bonds is 3. The van der Waals surface area contributed by atoms with Gasteiger partial charge in [0, 0.05) is 0 Å². The molecule has 0 aliphatic rings. The Labute approximate surface area is 55.4 Å². The normalized spacial score (nSPS) is 13.6. The molecule has 0 nitrogen and oxygen atoms in total. The highest BCUT2D eigenvalue weighted by Gasteiger charge is 1.96. The van der Waals surface area contributed by atoms with Crippen LogP contribution in [0.3, 0.4) is 0 Å². The molecule has 1 atom stereocenters. The van der Waals surface area contributed by atoms with Crippen molar-refractivity contribution in [1.82, 2.24) is 0 Å². The van der Waals surface area contributed by atoms with Crippen molar-refractivity contribution in [1.29, 1.82) is 0 Å². The highest BCUT2D eigenvalue weighted by molar-refractivity contribution is 5.20. The standard InChI is InChI=1S/C8H11F/c1-4-5-6-7(2)8(3)9/h4-6,8H,1-2H2,3H3/b6-5-. The molecule has 50 valence electrons. The second-order valence-corrected chi connectivity index (χ2v) is 1.79. The van der Waals surface area contributed by atoms with E-state index in [1.54, 1.807) is 18.2 Å². The highest BCUT2D eigenvalue weighted by Crippen LogP contribution is 2.03. The van der Waals surface area contributed by atoms with E-state index in [1.165, 1.54) is 6.92 Å². The highest BCUT2D eigenvalue weighted by atomic mass is 19.1. The molecule has 0 amide bonds. The van der Waals surface area contributed by atoms with Gasteiger partial charge in [-0.25, -0.2) is 4.39 Å².